The van der Waals surface area contributed by atoms with Gasteiger partial charge in [0.25, 0.3) is 0 Å². The molecule has 0 fully saturated rings. The molecule has 34 heavy (non-hydrogen) atoms. The molecule has 1 amide bonds. The maximum absolute atomic E-state index is 12.4. The van der Waals surface area contributed by atoms with Crippen LogP contribution in [0.3, 0.4) is 0 Å². The molecule has 1 N–H and O–H groups in total. The molecular formula is C27H23N5OS. The first-order valence-corrected chi connectivity index (χ1v) is 12.1. The van der Waals surface area contributed by atoms with Crippen molar-refractivity contribution in [2.24, 2.45) is 0 Å². The van der Waals surface area contributed by atoms with E-state index in [1.165, 1.54) is 11.8 Å². The molecule has 5 aromatic rings. The number of para-hydroxylation sites is 2. The van der Waals surface area contributed by atoms with E-state index in [1.807, 2.05) is 66.7 Å². The maximum Gasteiger partial charge on any atom is 0.234 e. The Bertz CT molecular complexity index is 1430. The van der Waals surface area contributed by atoms with Crippen LogP contribution in [0.1, 0.15) is 6.92 Å². The number of pyridine rings is 1. The summed E-state index contributed by atoms with van der Waals surface area (Å²) >= 11 is 1.38. The van der Waals surface area contributed by atoms with Crippen LogP contribution in [0.25, 0.3) is 33.5 Å². The van der Waals surface area contributed by atoms with Crippen molar-refractivity contribution in [1.82, 2.24) is 19.7 Å². The van der Waals surface area contributed by atoms with Gasteiger partial charge in [-0.05, 0) is 31.2 Å². The fraction of sp³-hybridized carbons (Fsp3) is 0.111. The van der Waals surface area contributed by atoms with Gasteiger partial charge in [0.1, 0.15) is 0 Å². The highest BCUT2D eigenvalue weighted by atomic mass is 32.2. The third-order valence-electron chi connectivity index (χ3n) is 5.45. The van der Waals surface area contributed by atoms with Crippen molar-refractivity contribution in [2.45, 2.75) is 18.6 Å². The summed E-state index contributed by atoms with van der Waals surface area (Å²) in [5.41, 5.74) is 4.59. The molecule has 0 saturated heterocycles. The van der Waals surface area contributed by atoms with Gasteiger partial charge in [-0.2, -0.15) is 0 Å². The number of aromatic nitrogens is 4. The summed E-state index contributed by atoms with van der Waals surface area (Å²) in [5, 5.41) is 13.6. The minimum atomic E-state index is -0.0795. The van der Waals surface area contributed by atoms with E-state index in [4.69, 9.17) is 4.98 Å². The summed E-state index contributed by atoms with van der Waals surface area (Å²) in [4.78, 5) is 17.3. The average Bonchev–Trinajstić information content (AvgIpc) is 3.30. The predicted molar refractivity (Wildman–Crippen MR) is 138 cm³/mol. The molecule has 2 heterocycles. The zero-order chi connectivity index (χ0) is 23.3. The van der Waals surface area contributed by atoms with E-state index in [-0.39, 0.29) is 11.7 Å². The number of nitrogens with zero attached hydrogens (tertiary/aromatic N) is 4. The van der Waals surface area contributed by atoms with Crippen LogP contribution in [-0.4, -0.2) is 31.4 Å². The molecule has 2 aromatic heterocycles. The van der Waals surface area contributed by atoms with E-state index in [2.05, 4.69) is 51.3 Å². The summed E-state index contributed by atoms with van der Waals surface area (Å²) < 4.78 is 2.05. The average molecular weight is 466 g/mol. The lowest BCUT2D eigenvalue weighted by atomic mass is 10.0. The number of carbonyl (C=O) groups is 1. The number of amides is 1. The second-order valence-corrected chi connectivity index (χ2v) is 8.63. The zero-order valence-electron chi connectivity index (χ0n) is 18.7. The van der Waals surface area contributed by atoms with Crippen LogP contribution >= 0.6 is 11.8 Å². The smallest absolute Gasteiger partial charge is 0.234 e. The molecule has 6 nitrogen and oxygen atoms in total. The maximum atomic E-state index is 12.4. The van der Waals surface area contributed by atoms with Crippen LogP contribution in [0, 0.1) is 0 Å². The lowest BCUT2D eigenvalue weighted by molar-refractivity contribution is -0.113. The highest BCUT2D eigenvalue weighted by Crippen LogP contribution is 2.33. The van der Waals surface area contributed by atoms with Gasteiger partial charge < -0.3 is 9.88 Å². The Kier molecular flexibility index (Phi) is 6.35. The summed E-state index contributed by atoms with van der Waals surface area (Å²) in [6, 6.07) is 29.7. The van der Waals surface area contributed by atoms with E-state index < -0.39 is 0 Å². The Hall–Kier alpha value is -3.97. The third kappa shape index (κ3) is 4.56. The van der Waals surface area contributed by atoms with Crippen LogP contribution in [0.4, 0.5) is 5.69 Å². The molecule has 0 aliphatic rings. The molecule has 0 aliphatic carbocycles. The highest BCUT2D eigenvalue weighted by Gasteiger charge is 2.18. The second-order valence-electron chi connectivity index (χ2n) is 7.69. The fourth-order valence-corrected chi connectivity index (χ4v) is 4.65. The van der Waals surface area contributed by atoms with E-state index in [9.17, 15) is 4.79 Å². The molecule has 0 atom stereocenters. The lowest BCUT2D eigenvalue weighted by Crippen LogP contribution is -2.14. The molecule has 0 radical (unpaired) electrons. The van der Waals surface area contributed by atoms with Crippen molar-refractivity contribution in [3.63, 3.8) is 0 Å². The highest BCUT2D eigenvalue weighted by molar-refractivity contribution is 7.99. The van der Waals surface area contributed by atoms with Gasteiger partial charge in [-0.3, -0.25) is 4.79 Å². The second kappa shape index (κ2) is 9.89. The molecule has 0 aliphatic heterocycles. The minimum absolute atomic E-state index is 0.0795. The Morgan fingerprint density at radius 1 is 0.912 bits per heavy atom. The van der Waals surface area contributed by atoms with Crippen molar-refractivity contribution in [2.75, 3.05) is 11.1 Å². The molecular weight excluding hydrogens is 442 g/mol. The van der Waals surface area contributed by atoms with Gasteiger partial charge in [0.15, 0.2) is 11.0 Å². The van der Waals surface area contributed by atoms with Crippen molar-refractivity contribution in [3.05, 3.63) is 91.0 Å². The molecule has 168 valence electrons. The first kappa shape index (κ1) is 21.9. The monoisotopic (exact) mass is 465 g/mol. The quantitative estimate of drug-likeness (QED) is 0.303. The van der Waals surface area contributed by atoms with Gasteiger partial charge in [-0.25, -0.2) is 4.98 Å². The van der Waals surface area contributed by atoms with Crippen LogP contribution in [0.5, 0.6) is 0 Å². The molecule has 3 aromatic carbocycles. The zero-order valence-corrected chi connectivity index (χ0v) is 19.5. The number of thioether (sulfide) groups is 1. The van der Waals surface area contributed by atoms with Crippen LogP contribution in [-0.2, 0) is 11.3 Å². The number of rotatable bonds is 7. The topological polar surface area (TPSA) is 72.7 Å². The molecule has 5 rings (SSSR count). The van der Waals surface area contributed by atoms with Crippen molar-refractivity contribution in [1.29, 1.82) is 0 Å². The van der Waals surface area contributed by atoms with Gasteiger partial charge >= 0.3 is 0 Å². The molecule has 0 saturated carbocycles. The lowest BCUT2D eigenvalue weighted by Gasteiger charge is -2.12. The normalized spacial score (nSPS) is 11.0. The number of hydrogen-bond donors (Lipinski definition) is 1. The van der Waals surface area contributed by atoms with Crippen molar-refractivity contribution < 1.29 is 4.79 Å². The molecule has 7 heteroatoms. The number of fused-ring (bicyclic) bond motifs is 1. The van der Waals surface area contributed by atoms with Gasteiger partial charge in [0.05, 0.1) is 17.0 Å². The van der Waals surface area contributed by atoms with Crippen LogP contribution < -0.4 is 5.32 Å². The van der Waals surface area contributed by atoms with E-state index in [0.29, 0.717) is 11.7 Å². The number of carbonyl (C=O) groups excluding carboxylic acids is 1. The predicted octanol–water partition coefficient (Wildman–Crippen LogP) is 5.91. The van der Waals surface area contributed by atoms with Gasteiger partial charge in [0, 0.05) is 28.7 Å². The Morgan fingerprint density at radius 2 is 1.62 bits per heavy atom. The third-order valence-corrected chi connectivity index (χ3v) is 6.42. The first-order valence-electron chi connectivity index (χ1n) is 11.1. The van der Waals surface area contributed by atoms with Crippen LogP contribution in [0.2, 0.25) is 0 Å². The standard InChI is InChI=1S/C27H23N5OS/c1-2-32-26(30-31-27(32)34-18-25(33)28-20-13-7-4-8-14-20)22-17-24(19-11-5-3-6-12-19)29-23-16-10-9-15-21(22)23/h3-17H,2,18H2,1H3,(H,28,33). The van der Waals surface area contributed by atoms with Crippen molar-refractivity contribution in [3.8, 4) is 22.6 Å². The van der Waals surface area contributed by atoms with Crippen molar-refractivity contribution >= 4 is 34.3 Å². The van der Waals surface area contributed by atoms with Gasteiger partial charge in [-0.15, -0.1) is 10.2 Å². The Morgan fingerprint density at radius 3 is 2.38 bits per heavy atom. The Labute approximate surface area is 202 Å². The number of anilines is 1. The van der Waals surface area contributed by atoms with Gasteiger partial charge in [0.2, 0.25) is 5.91 Å². The van der Waals surface area contributed by atoms with Crippen LogP contribution in [0.15, 0.2) is 96.2 Å². The summed E-state index contributed by atoms with van der Waals surface area (Å²) in [6.07, 6.45) is 0. The minimum Gasteiger partial charge on any atom is -0.325 e. The van der Waals surface area contributed by atoms with E-state index in [0.717, 1.165) is 39.2 Å². The molecule has 0 spiro atoms. The fourth-order valence-electron chi connectivity index (χ4n) is 3.85. The SMILES string of the molecule is CCn1c(SCC(=O)Nc2ccccc2)nnc1-c1cc(-c2ccccc2)nc2ccccc12. The van der Waals surface area contributed by atoms with Gasteiger partial charge in [-0.1, -0.05) is 78.5 Å². The first-order chi connectivity index (χ1) is 16.7. The Balaban J connectivity index is 1.47. The summed E-state index contributed by atoms with van der Waals surface area (Å²) in [7, 11) is 0. The summed E-state index contributed by atoms with van der Waals surface area (Å²) in [5.74, 6) is 0.938. The molecule has 0 unspecified atom stereocenters. The van der Waals surface area contributed by atoms with E-state index >= 15 is 0 Å². The number of benzene rings is 3. The number of nitrogens with one attached hydrogen (secondary N) is 1. The summed E-state index contributed by atoms with van der Waals surface area (Å²) in [6.45, 7) is 2.74. The molecule has 0 bridgehead atoms. The van der Waals surface area contributed by atoms with E-state index in [1.54, 1.807) is 0 Å². The largest absolute Gasteiger partial charge is 0.325 e. The number of hydrogen-bond acceptors (Lipinski definition) is 5.